The van der Waals surface area contributed by atoms with Gasteiger partial charge in [-0.05, 0) is 63.1 Å². The fourth-order valence-corrected chi connectivity index (χ4v) is 9.84. The predicted molar refractivity (Wildman–Crippen MR) is 339 cm³/mol. The minimum absolute atomic E-state index is 0.146. The Morgan fingerprint density at radius 3 is 1.05 bits per heavy atom. The number of benzene rings is 1. The minimum atomic E-state index is -0.186. The van der Waals surface area contributed by atoms with Crippen LogP contribution in [0.2, 0.25) is 0 Å². The number of carbonyl (C=O) groups excluding carboxylic acids is 1. The van der Waals surface area contributed by atoms with Gasteiger partial charge in [0, 0.05) is 32.7 Å². The summed E-state index contributed by atoms with van der Waals surface area (Å²) in [7, 11) is 0. The van der Waals surface area contributed by atoms with E-state index in [2.05, 4.69) is 32.9 Å². The van der Waals surface area contributed by atoms with Crippen LogP contribution in [-0.4, -0.2) is 143 Å². The maximum atomic E-state index is 12.1. The smallest absolute Gasteiger partial charge is 0.305 e. The van der Waals surface area contributed by atoms with Crippen molar-refractivity contribution in [3.63, 3.8) is 0 Å². The van der Waals surface area contributed by atoms with E-state index < -0.39 is 0 Å². The molecule has 0 saturated carbocycles. The average Bonchev–Trinajstić information content (AvgIpc) is 3.52. The van der Waals surface area contributed by atoms with Crippen molar-refractivity contribution in [2.24, 2.45) is 0 Å². The Hall–Kier alpha value is -2.11. The third-order valence-corrected chi connectivity index (χ3v) is 15.1. The van der Waals surface area contributed by atoms with Crippen LogP contribution in [0.15, 0.2) is 18.2 Å². The quantitative estimate of drug-likeness (QED) is 0.0285. The van der Waals surface area contributed by atoms with Gasteiger partial charge in [-0.2, -0.15) is 0 Å². The van der Waals surface area contributed by atoms with Crippen molar-refractivity contribution in [1.29, 1.82) is 0 Å². The first-order valence-electron chi connectivity index (χ1n) is 34.5. The molecule has 1 atom stereocenters. The summed E-state index contributed by atoms with van der Waals surface area (Å²) in [5.74, 6) is 1.54. The highest BCUT2D eigenvalue weighted by molar-refractivity contribution is 5.69. The molecule has 0 radical (unpaired) electrons. The summed E-state index contributed by atoms with van der Waals surface area (Å²) >= 11 is 0. The topological polar surface area (TPSA) is 148 Å². The minimum Gasteiger partial charge on any atom is -0.490 e. The van der Waals surface area contributed by atoms with Crippen molar-refractivity contribution in [3.05, 3.63) is 23.8 Å². The van der Waals surface area contributed by atoms with E-state index in [9.17, 15) is 10.1 Å². The molecule has 490 valence electrons. The highest BCUT2D eigenvalue weighted by Gasteiger charge is 2.10. The highest BCUT2D eigenvalue weighted by Crippen LogP contribution is 2.29. The first-order chi connectivity index (χ1) is 41.1. The molecule has 1 aromatic rings. The molecule has 0 aliphatic rings. The van der Waals surface area contributed by atoms with Gasteiger partial charge in [-0.15, -0.1) is 0 Å². The Bertz CT molecular complexity index is 1420. The number of aryl methyl sites for hydroxylation is 1. The van der Waals surface area contributed by atoms with Crippen LogP contribution in [0.4, 0.5) is 0 Å². The number of unbranched alkanes of at least 4 members (excludes halogenated alkanes) is 32. The van der Waals surface area contributed by atoms with Crippen LogP contribution in [0.5, 0.6) is 11.5 Å². The lowest BCUT2D eigenvalue weighted by molar-refractivity contribution is -0.282. The summed E-state index contributed by atoms with van der Waals surface area (Å²) in [5.41, 5.74) is 1.17. The Kier molecular flexibility index (Phi) is 64.1. The summed E-state index contributed by atoms with van der Waals surface area (Å²) < 4.78 is 62.7. The van der Waals surface area contributed by atoms with Crippen LogP contribution in [0.1, 0.15) is 270 Å². The van der Waals surface area contributed by atoms with Crippen LogP contribution in [0, 0.1) is 6.92 Å². The normalized spacial score (nSPS) is 12.0. The van der Waals surface area contributed by atoms with Gasteiger partial charge in [-0.25, -0.2) is 4.89 Å². The number of rotatable bonds is 71. The summed E-state index contributed by atoms with van der Waals surface area (Å²) in [6.07, 6.45) is 46.6. The fraction of sp³-hybridized carbons (Fsp3) is 0.899. The molecule has 1 aromatic carbocycles. The van der Waals surface area contributed by atoms with Crippen molar-refractivity contribution in [3.8, 4) is 11.5 Å². The van der Waals surface area contributed by atoms with Gasteiger partial charge < -0.3 is 52.1 Å². The highest BCUT2D eigenvalue weighted by atomic mass is 17.1. The van der Waals surface area contributed by atoms with E-state index in [1.54, 1.807) is 0 Å². The standard InChI is InChI=1S/C69H130O14/c1-4-6-8-10-12-14-18-24-30-36-45-72-50-53-75-56-58-77-55-52-74-49-44-66(83-71)40-34-28-22-16-20-27-33-39-48-81-68-64-65(3)42-43-67(68)80-47-38-32-26-21-17-23-29-35-41-69(70)82-63-62-79-61-60-78-59-57-76-54-51-73-46-37-31-25-19-15-13-11-9-7-5-2/h42-43,64,66,71H,4-41,44-63H2,1-3H3. The predicted octanol–water partition coefficient (Wildman–Crippen LogP) is 17.5. The molecule has 0 aliphatic heterocycles. The molecule has 0 spiro atoms. The molecule has 14 nitrogen and oxygen atoms in total. The monoisotopic (exact) mass is 1180 g/mol. The van der Waals surface area contributed by atoms with E-state index in [0.29, 0.717) is 119 Å². The van der Waals surface area contributed by atoms with Gasteiger partial charge in [-0.1, -0.05) is 219 Å². The zero-order valence-corrected chi connectivity index (χ0v) is 54.1. The Morgan fingerprint density at radius 2 is 0.651 bits per heavy atom. The van der Waals surface area contributed by atoms with Gasteiger partial charge in [-0.3, -0.25) is 10.1 Å². The molecule has 0 aromatic heterocycles. The second-order valence-corrected chi connectivity index (χ2v) is 22.8. The van der Waals surface area contributed by atoms with Crippen molar-refractivity contribution < 1.29 is 67.0 Å². The van der Waals surface area contributed by atoms with Gasteiger partial charge in [0.1, 0.15) is 6.61 Å². The van der Waals surface area contributed by atoms with E-state index >= 15 is 0 Å². The van der Waals surface area contributed by atoms with Crippen LogP contribution in [-0.2, 0) is 52.3 Å². The molecule has 0 aliphatic carbocycles. The van der Waals surface area contributed by atoms with Crippen molar-refractivity contribution in [2.45, 2.75) is 277 Å². The maximum Gasteiger partial charge on any atom is 0.305 e. The molecule has 1 rings (SSSR count). The Labute approximate surface area is 509 Å². The van der Waals surface area contributed by atoms with Crippen molar-refractivity contribution in [2.75, 3.05) is 126 Å². The van der Waals surface area contributed by atoms with E-state index in [-0.39, 0.29) is 18.7 Å². The molecule has 0 amide bonds. The van der Waals surface area contributed by atoms with E-state index in [1.165, 1.54) is 166 Å². The van der Waals surface area contributed by atoms with Crippen molar-refractivity contribution >= 4 is 5.97 Å². The van der Waals surface area contributed by atoms with Crippen LogP contribution < -0.4 is 9.47 Å². The van der Waals surface area contributed by atoms with E-state index in [4.69, 9.17) is 57.0 Å². The van der Waals surface area contributed by atoms with Gasteiger partial charge in [0.15, 0.2) is 11.5 Å². The second-order valence-electron chi connectivity index (χ2n) is 22.8. The summed E-state index contributed by atoms with van der Waals surface area (Å²) in [6.45, 7) is 17.5. The van der Waals surface area contributed by atoms with E-state index in [0.717, 1.165) is 102 Å². The number of esters is 1. The molecule has 1 N–H and O–H groups in total. The average molecular weight is 1180 g/mol. The fourth-order valence-electron chi connectivity index (χ4n) is 9.84. The van der Waals surface area contributed by atoms with Gasteiger partial charge in [0.25, 0.3) is 0 Å². The zero-order valence-electron chi connectivity index (χ0n) is 54.1. The number of carbonyl (C=O) groups is 1. The molecule has 1 unspecified atom stereocenters. The van der Waals surface area contributed by atoms with E-state index in [1.807, 2.05) is 6.07 Å². The number of ether oxygens (including phenoxy) is 11. The third-order valence-electron chi connectivity index (χ3n) is 15.1. The van der Waals surface area contributed by atoms with Crippen LogP contribution in [0.25, 0.3) is 0 Å². The Balaban J connectivity index is 1.85. The van der Waals surface area contributed by atoms with Gasteiger partial charge in [0.05, 0.1) is 105 Å². The SMILES string of the molecule is CCCCCCCCCCCCOCCOCCOCCOCCOC(=O)CCCCCCCCCCOc1ccc(C)cc1OCCCCCCCCCCC(CCOCCOCCOCCOCCCCCCCCCCCC)OO. The van der Waals surface area contributed by atoms with Crippen LogP contribution >= 0.6 is 0 Å². The molecular weight excluding hydrogens is 1050 g/mol. The third kappa shape index (κ3) is 60.0. The zero-order chi connectivity index (χ0) is 59.5. The second kappa shape index (κ2) is 67.4. The van der Waals surface area contributed by atoms with Crippen LogP contribution in [0.3, 0.4) is 0 Å². The number of hydrogen-bond acceptors (Lipinski definition) is 14. The lowest BCUT2D eigenvalue weighted by Gasteiger charge is -2.14. The van der Waals surface area contributed by atoms with Gasteiger partial charge in [0.2, 0.25) is 0 Å². The summed E-state index contributed by atoms with van der Waals surface area (Å²) in [6, 6.07) is 6.21. The van der Waals surface area contributed by atoms with Gasteiger partial charge >= 0.3 is 5.97 Å². The number of hydrogen-bond donors (Lipinski definition) is 1. The molecular formula is C69H130O14. The lowest BCUT2D eigenvalue weighted by Crippen LogP contribution is -2.16. The molecule has 0 fully saturated rings. The lowest BCUT2D eigenvalue weighted by atomic mass is 10.0. The maximum absolute atomic E-state index is 12.1. The molecule has 83 heavy (non-hydrogen) atoms. The largest absolute Gasteiger partial charge is 0.490 e. The summed E-state index contributed by atoms with van der Waals surface area (Å²) in [5, 5.41) is 9.39. The molecule has 0 heterocycles. The molecule has 0 saturated heterocycles. The molecule has 14 heteroatoms. The summed E-state index contributed by atoms with van der Waals surface area (Å²) in [4.78, 5) is 16.9. The Morgan fingerprint density at radius 1 is 0.337 bits per heavy atom. The van der Waals surface area contributed by atoms with Crippen molar-refractivity contribution in [1.82, 2.24) is 0 Å². The first-order valence-corrected chi connectivity index (χ1v) is 34.5. The first kappa shape index (κ1) is 78.9. The molecule has 0 bridgehead atoms.